The molecule has 8 heteroatoms. The van der Waals surface area contributed by atoms with Gasteiger partial charge in [0, 0.05) is 10.6 Å². The first-order valence-corrected chi connectivity index (χ1v) is 11.1. The number of esters is 1. The molecule has 1 saturated heterocycles. The van der Waals surface area contributed by atoms with Gasteiger partial charge in [0.1, 0.15) is 10.1 Å². The highest BCUT2D eigenvalue weighted by molar-refractivity contribution is 8.26. The molecule has 0 saturated carbocycles. The van der Waals surface area contributed by atoms with E-state index in [4.69, 9.17) is 21.7 Å². The lowest BCUT2D eigenvalue weighted by molar-refractivity contribution is -0.145. The molecule has 3 rings (SSSR count). The Morgan fingerprint density at radius 3 is 2.83 bits per heavy atom. The third kappa shape index (κ3) is 6.35. The van der Waals surface area contributed by atoms with Crippen LogP contribution in [-0.4, -0.2) is 29.4 Å². The summed E-state index contributed by atoms with van der Waals surface area (Å²) in [5, 5.41) is 2.62. The summed E-state index contributed by atoms with van der Waals surface area (Å²) >= 11 is 7.91. The molecule has 0 radical (unpaired) electrons. The lowest BCUT2D eigenvalue weighted by atomic mass is 10.1. The van der Waals surface area contributed by atoms with Gasteiger partial charge in [0.25, 0.3) is 5.91 Å². The van der Waals surface area contributed by atoms with Gasteiger partial charge >= 0.3 is 5.97 Å². The minimum absolute atomic E-state index is 0.115. The SMILES string of the molecule is CCOC(=O)COc1ccccc1SCc1cccc(C=C2SC(=S)NC2=O)c1. The number of nitrogens with one attached hydrogen (secondary N) is 1. The number of ether oxygens (including phenoxy) is 2. The maximum absolute atomic E-state index is 11.8. The molecule has 1 heterocycles. The molecule has 29 heavy (non-hydrogen) atoms. The van der Waals surface area contributed by atoms with Crippen LogP contribution >= 0.6 is 35.7 Å². The molecular formula is C21H19NO4S3. The van der Waals surface area contributed by atoms with Crippen LogP contribution in [-0.2, 0) is 20.1 Å². The molecule has 0 unspecified atom stereocenters. The van der Waals surface area contributed by atoms with E-state index in [1.54, 1.807) is 18.7 Å². The summed E-state index contributed by atoms with van der Waals surface area (Å²) in [6.07, 6.45) is 1.84. The quantitative estimate of drug-likeness (QED) is 0.279. The van der Waals surface area contributed by atoms with E-state index in [1.165, 1.54) is 11.8 Å². The summed E-state index contributed by atoms with van der Waals surface area (Å²) in [5.74, 6) is 0.819. The predicted octanol–water partition coefficient (Wildman–Crippen LogP) is 4.41. The van der Waals surface area contributed by atoms with Gasteiger partial charge in [-0.25, -0.2) is 4.79 Å². The van der Waals surface area contributed by atoms with Crippen molar-refractivity contribution in [2.45, 2.75) is 17.6 Å². The molecular weight excluding hydrogens is 426 g/mol. The minimum atomic E-state index is -0.388. The van der Waals surface area contributed by atoms with Crippen LogP contribution in [0, 0.1) is 0 Å². The summed E-state index contributed by atoms with van der Waals surface area (Å²) < 4.78 is 11.0. The molecule has 1 aliphatic heterocycles. The van der Waals surface area contributed by atoms with Crippen LogP contribution < -0.4 is 10.1 Å². The lowest BCUT2D eigenvalue weighted by Crippen LogP contribution is -2.17. The van der Waals surface area contributed by atoms with Crippen molar-refractivity contribution >= 4 is 58.0 Å². The number of hydrogen-bond donors (Lipinski definition) is 1. The van der Waals surface area contributed by atoms with E-state index in [-0.39, 0.29) is 18.5 Å². The van der Waals surface area contributed by atoms with E-state index in [9.17, 15) is 9.59 Å². The molecule has 0 spiro atoms. The zero-order chi connectivity index (χ0) is 20.6. The van der Waals surface area contributed by atoms with Crippen molar-refractivity contribution in [2.24, 2.45) is 0 Å². The summed E-state index contributed by atoms with van der Waals surface area (Å²) in [6, 6.07) is 15.6. The van der Waals surface area contributed by atoms with E-state index in [0.29, 0.717) is 27.3 Å². The Balaban J connectivity index is 1.65. The first-order valence-electron chi connectivity index (χ1n) is 8.89. The maximum atomic E-state index is 11.8. The number of carbonyl (C=O) groups excluding carboxylic acids is 2. The first kappa shape index (κ1) is 21.4. The number of hydrogen-bond acceptors (Lipinski definition) is 7. The molecule has 1 fully saturated rings. The second-order valence-corrected chi connectivity index (χ2v) is 8.66. The van der Waals surface area contributed by atoms with Crippen LogP contribution in [0.2, 0.25) is 0 Å². The van der Waals surface area contributed by atoms with Crippen LogP contribution in [0.15, 0.2) is 58.3 Å². The van der Waals surface area contributed by atoms with Gasteiger partial charge in [-0.05, 0) is 36.3 Å². The Labute approximate surface area is 183 Å². The van der Waals surface area contributed by atoms with E-state index < -0.39 is 0 Å². The van der Waals surface area contributed by atoms with Gasteiger partial charge in [-0.15, -0.1) is 11.8 Å². The van der Waals surface area contributed by atoms with Crippen molar-refractivity contribution in [3.05, 3.63) is 64.6 Å². The Hall–Kier alpha value is -2.29. The number of rotatable bonds is 8. The van der Waals surface area contributed by atoms with Crippen molar-refractivity contribution < 1.29 is 19.1 Å². The number of amides is 1. The van der Waals surface area contributed by atoms with Crippen molar-refractivity contribution in [1.82, 2.24) is 5.32 Å². The molecule has 1 aliphatic rings. The molecule has 2 aromatic carbocycles. The van der Waals surface area contributed by atoms with E-state index in [1.807, 2.05) is 54.6 Å². The van der Waals surface area contributed by atoms with E-state index in [2.05, 4.69) is 5.32 Å². The van der Waals surface area contributed by atoms with Gasteiger partial charge in [0.2, 0.25) is 0 Å². The Morgan fingerprint density at radius 2 is 2.07 bits per heavy atom. The third-order valence-corrected chi connectivity index (χ3v) is 6.07. The topological polar surface area (TPSA) is 64.6 Å². The molecule has 0 aliphatic carbocycles. The number of thiocarbonyl (C=S) groups is 1. The Morgan fingerprint density at radius 1 is 1.24 bits per heavy atom. The van der Waals surface area contributed by atoms with Crippen molar-refractivity contribution in [2.75, 3.05) is 13.2 Å². The fourth-order valence-electron chi connectivity index (χ4n) is 2.53. The number of benzene rings is 2. The molecule has 0 atom stereocenters. The number of para-hydroxylation sites is 1. The van der Waals surface area contributed by atoms with Crippen molar-refractivity contribution in [1.29, 1.82) is 0 Å². The van der Waals surface area contributed by atoms with Crippen LogP contribution in [0.3, 0.4) is 0 Å². The lowest BCUT2D eigenvalue weighted by Gasteiger charge is -2.11. The maximum Gasteiger partial charge on any atom is 0.344 e. The van der Waals surface area contributed by atoms with Gasteiger partial charge in [-0.3, -0.25) is 4.79 Å². The smallest absolute Gasteiger partial charge is 0.344 e. The fourth-order valence-corrected chi connectivity index (χ4v) is 4.52. The Bertz CT molecular complexity index is 958. The average Bonchev–Trinajstić information content (AvgIpc) is 3.02. The molecule has 150 valence electrons. The first-order chi connectivity index (χ1) is 14.0. The van der Waals surface area contributed by atoms with Crippen LogP contribution in [0.1, 0.15) is 18.1 Å². The van der Waals surface area contributed by atoms with E-state index >= 15 is 0 Å². The zero-order valence-corrected chi connectivity index (χ0v) is 18.1. The highest BCUT2D eigenvalue weighted by Crippen LogP contribution is 2.32. The number of carbonyl (C=O) groups is 2. The summed E-state index contributed by atoms with van der Waals surface area (Å²) in [4.78, 5) is 24.9. The molecule has 5 nitrogen and oxygen atoms in total. The standard InChI is InChI=1S/C21H19NO4S3/c1-2-25-19(23)12-26-16-8-3-4-9-17(16)28-13-15-7-5-6-14(10-15)11-18-20(24)22-21(27)29-18/h3-11H,2,12-13H2,1H3,(H,22,24,27). The van der Waals surface area contributed by atoms with Gasteiger partial charge < -0.3 is 14.8 Å². The minimum Gasteiger partial charge on any atom is -0.481 e. The fraction of sp³-hybridized carbons (Fsp3) is 0.190. The molecule has 1 amide bonds. The third-order valence-electron chi connectivity index (χ3n) is 3.79. The number of thioether (sulfide) groups is 2. The van der Waals surface area contributed by atoms with Gasteiger partial charge in [-0.1, -0.05) is 60.4 Å². The summed E-state index contributed by atoms with van der Waals surface area (Å²) in [6.45, 7) is 1.98. The highest BCUT2D eigenvalue weighted by atomic mass is 32.2. The normalized spacial score (nSPS) is 14.7. The second-order valence-electron chi connectivity index (χ2n) is 5.93. The van der Waals surface area contributed by atoms with Crippen molar-refractivity contribution in [3.8, 4) is 5.75 Å². The molecule has 0 bridgehead atoms. The van der Waals surface area contributed by atoms with Gasteiger partial charge in [-0.2, -0.15) is 0 Å². The predicted molar refractivity (Wildman–Crippen MR) is 121 cm³/mol. The molecule has 1 N–H and O–H groups in total. The zero-order valence-electron chi connectivity index (χ0n) is 15.7. The van der Waals surface area contributed by atoms with Gasteiger partial charge in [0.15, 0.2) is 6.61 Å². The molecule has 2 aromatic rings. The van der Waals surface area contributed by atoms with Crippen molar-refractivity contribution in [3.63, 3.8) is 0 Å². The van der Waals surface area contributed by atoms with Crippen LogP contribution in [0.4, 0.5) is 0 Å². The van der Waals surface area contributed by atoms with E-state index in [0.717, 1.165) is 16.0 Å². The average molecular weight is 446 g/mol. The monoisotopic (exact) mass is 445 g/mol. The highest BCUT2D eigenvalue weighted by Gasteiger charge is 2.21. The van der Waals surface area contributed by atoms with Gasteiger partial charge in [0.05, 0.1) is 11.5 Å². The largest absolute Gasteiger partial charge is 0.481 e. The summed E-state index contributed by atoms with van der Waals surface area (Å²) in [7, 11) is 0. The molecule has 0 aromatic heterocycles. The van der Waals surface area contributed by atoms with Crippen LogP contribution in [0.5, 0.6) is 5.75 Å². The Kier molecular flexibility index (Phi) is 7.74. The van der Waals surface area contributed by atoms with Crippen LogP contribution in [0.25, 0.3) is 6.08 Å². The second kappa shape index (κ2) is 10.5. The summed E-state index contributed by atoms with van der Waals surface area (Å²) in [5.41, 5.74) is 2.05.